The van der Waals surface area contributed by atoms with Gasteiger partial charge in [0.25, 0.3) is 0 Å². The molecule has 0 aromatic rings. The van der Waals surface area contributed by atoms with E-state index in [2.05, 4.69) is 81.5 Å². The summed E-state index contributed by atoms with van der Waals surface area (Å²) >= 11 is 0. The molecule has 0 radical (unpaired) electrons. The van der Waals surface area contributed by atoms with Gasteiger partial charge in [0.05, 0.1) is 0 Å². The number of ether oxygens (including phenoxy) is 3. The van der Waals surface area contributed by atoms with Crippen LogP contribution in [0.2, 0.25) is 0 Å². The van der Waals surface area contributed by atoms with Crippen molar-refractivity contribution in [2.75, 3.05) is 13.2 Å². The fourth-order valence-corrected chi connectivity index (χ4v) is 7.31. The molecule has 358 valence electrons. The van der Waals surface area contributed by atoms with Gasteiger partial charge < -0.3 is 14.2 Å². The number of carbonyl (C=O) groups is 3. The van der Waals surface area contributed by atoms with Crippen molar-refractivity contribution in [3.05, 3.63) is 60.8 Å². The number of allylic oxidation sites excluding steroid dienone is 10. The molecular formula is C56H98O6. The molecule has 0 N–H and O–H groups in total. The summed E-state index contributed by atoms with van der Waals surface area (Å²) in [6.45, 7) is 6.43. The smallest absolute Gasteiger partial charge is 0.306 e. The molecule has 0 aromatic heterocycles. The zero-order chi connectivity index (χ0) is 45.1. The lowest BCUT2D eigenvalue weighted by molar-refractivity contribution is -0.167. The van der Waals surface area contributed by atoms with Crippen LogP contribution in [0.25, 0.3) is 0 Å². The van der Waals surface area contributed by atoms with Crippen molar-refractivity contribution < 1.29 is 28.6 Å². The van der Waals surface area contributed by atoms with E-state index in [0.717, 1.165) is 77.0 Å². The van der Waals surface area contributed by atoms with Crippen LogP contribution >= 0.6 is 0 Å². The zero-order valence-electron chi connectivity index (χ0n) is 40.9. The fourth-order valence-electron chi connectivity index (χ4n) is 7.31. The van der Waals surface area contributed by atoms with Crippen LogP contribution in [0.4, 0.5) is 0 Å². The summed E-state index contributed by atoms with van der Waals surface area (Å²) in [5, 5.41) is 0. The molecule has 0 rings (SSSR count). The standard InChI is InChI=1S/C56H98O6/c1-4-7-10-13-16-18-20-22-24-25-26-27-28-29-30-31-33-34-36-38-40-43-46-49-55(58)61-52-53(51-60-54(57)48-45-42-15-12-9-6-3)62-56(59)50-47-44-41-39-37-35-32-23-21-19-17-14-11-8-5-2/h8,11,17,19,23,25-26,32,37,39,53H,4-7,9-10,12-16,18,20-22,24,27-31,33-36,38,40-52H2,1-3H3/b11-8-,19-17-,26-25-,32-23-,39-37-. The quantitative estimate of drug-likeness (QED) is 0.0262. The minimum absolute atomic E-state index is 0.0904. The second kappa shape index (κ2) is 50.8. The molecule has 1 unspecified atom stereocenters. The molecule has 6 heteroatoms. The highest BCUT2D eigenvalue weighted by atomic mass is 16.6. The molecule has 0 aliphatic rings. The van der Waals surface area contributed by atoms with Crippen molar-refractivity contribution in [3.63, 3.8) is 0 Å². The molecule has 62 heavy (non-hydrogen) atoms. The van der Waals surface area contributed by atoms with Gasteiger partial charge in [-0.25, -0.2) is 0 Å². The Morgan fingerprint density at radius 2 is 0.629 bits per heavy atom. The van der Waals surface area contributed by atoms with E-state index in [4.69, 9.17) is 14.2 Å². The summed E-state index contributed by atoms with van der Waals surface area (Å²) in [7, 11) is 0. The normalized spacial score (nSPS) is 12.5. The monoisotopic (exact) mass is 867 g/mol. The maximum absolute atomic E-state index is 12.7. The van der Waals surface area contributed by atoms with E-state index in [1.165, 1.54) is 135 Å². The summed E-state index contributed by atoms with van der Waals surface area (Å²) < 4.78 is 16.7. The summed E-state index contributed by atoms with van der Waals surface area (Å²) in [6, 6.07) is 0. The van der Waals surface area contributed by atoms with Crippen LogP contribution in [0, 0.1) is 0 Å². The van der Waals surface area contributed by atoms with Gasteiger partial charge in [0.1, 0.15) is 13.2 Å². The maximum Gasteiger partial charge on any atom is 0.306 e. The molecule has 0 aromatic carbocycles. The fraction of sp³-hybridized carbons (Fsp3) is 0.768. The maximum atomic E-state index is 12.7. The summed E-state index contributed by atoms with van der Waals surface area (Å²) in [6.07, 6.45) is 62.5. The zero-order valence-corrected chi connectivity index (χ0v) is 40.9. The molecule has 0 aliphatic carbocycles. The number of unbranched alkanes of at least 4 members (excludes halogenated alkanes) is 26. The summed E-state index contributed by atoms with van der Waals surface area (Å²) in [4.78, 5) is 37.7. The Bertz CT molecular complexity index is 1130. The van der Waals surface area contributed by atoms with Crippen LogP contribution in [0.15, 0.2) is 60.8 Å². The van der Waals surface area contributed by atoms with Crippen LogP contribution in [0.1, 0.15) is 258 Å². The number of rotatable bonds is 47. The van der Waals surface area contributed by atoms with Gasteiger partial charge in [-0.15, -0.1) is 0 Å². The van der Waals surface area contributed by atoms with Crippen LogP contribution in [-0.2, 0) is 28.6 Å². The van der Waals surface area contributed by atoms with Gasteiger partial charge in [-0.2, -0.15) is 0 Å². The second-order valence-electron chi connectivity index (χ2n) is 17.4. The van der Waals surface area contributed by atoms with Crippen molar-refractivity contribution in [1.29, 1.82) is 0 Å². The van der Waals surface area contributed by atoms with Gasteiger partial charge in [0, 0.05) is 19.3 Å². The van der Waals surface area contributed by atoms with Gasteiger partial charge in [0.15, 0.2) is 6.10 Å². The number of hydrogen-bond donors (Lipinski definition) is 0. The number of carbonyl (C=O) groups excluding carboxylic acids is 3. The predicted octanol–water partition coefficient (Wildman–Crippen LogP) is 17.3. The van der Waals surface area contributed by atoms with Gasteiger partial charge in [0.2, 0.25) is 0 Å². The van der Waals surface area contributed by atoms with Crippen LogP contribution in [-0.4, -0.2) is 37.2 Å². The van der Waals surface area contributed by atoms with E-state index in [1.54, 1.807) is 0 Å². The minimum Gasteiger partial charge on any atom is -0.462 e. The average molecular weight is 867 g/mol. The molecule has 6 nitrogen and oxygen atoms in total. The van der Waals surface area contributed by atoms with E-state index in [-0.39, 0.29) is 37.5 Å². The van der Waals surface area contributed by atoms with Crippen molar-refractivity contribution in [3.8, 4) is 0 Å². The highest BCUT2D eigenvalue weighted by Crippen LogP contribution is 2.15. The van der Waals surface area contributed by atoms with Crippen molar-refractivity contribution >= 4 is 17.9 Å². The van der Waals surface area contributed by atoms with E-state index >= 15 is 0 Å². The molecule has 0 bridgehead atoms. The van der Waals surface area contributed by atoms with Crippen LogP contribution in [0.5, 0.6) is 0 Å². The first-order valence-electron chi connectivity index (χ1n) is 26.3. The Kier molecular flexibility index (Phi) is 48.4. The van der Waals surface area contributed by atoms with Crippen molar-refractivity contribution in [1.82, 2.24) is 0 Å². The Balaban J connectivity index is 4.18. The molecule has 0 spiro atoms. The summed E-state index contributed by atoms with van der Waals surface area (Å²) in [5.74, 6) is -0.940. The van der Waals surface area contributed by atoms with Crippen molar-refractivity contribution in [2.45, 2.75) is 264 Å². The molecule has 0 amide bonds. The molecule has 0 saturated heterocycles. The van der Waals surface area contributed by atoms with Crippen molar-refractivity contribution in [2.24, 2.45) is 0 Å². The molecule has 0 fully saturated rings. The lowest BCUT2D eigenvalue weighted by Crippen LogP contribution is -2.30. The SMILES string of the molecule is CC/C=C\C/C=C\C/C=C\C/C=C\CCCCC(=O)OC(COC(=O)CCCCCCCC)COC(=O)CCCCCCCCCCCCC/C=C\CCCCCCCCCC. The first-order chi connectivity index (χ1) is 30.5. The van der Waals surface area contributed by atoms with E-state index in [1.807, 2.05) is 0 Å². The lowest BCUT2D eigenvalue weighted by atomic mass is 10.0. The van der Waals surface area contributed by atoms with E-state index < -0.39 is 6.10 Å². The van der Waals surface area contributed by atoms with Gasteiger partial charge >= 0.3 is 17.9 Å². The second-order valence-corrected chi connectivity index (χ2v) is 17.4. The highest BCUT2D eigenvalue weighted by molar-refractivity contribution is 5.71. The third-order valence-electron chi connectivity index (χ3n) is 11.3. The highest BCUT2D eigenvalue weighted by Gasteiger charge is 2.19. The Morgan fingerprint density at radius 1 is 0.339 bits per heavy atom. The van der Waals surface area contributed by atoms with E-state index in [9.17, 15) is 14.4 Å². The van der Waals surface area contributed by atoms with Gasteiger partial charge in [-0.05, 0) is 83.5 Å². The Hall–Kier alpha value is -2.89. The average Bonchev–Trinajstić information content (AvgIpc) is 3.27. The first-order valence-corrected chi connectivity index (χ1v) is 26.3. The third kappa shape index (κ3) is 48.1. The van der Waals surface area contributed by atoms with Crippen LogP contribution in [0.3, 0.4) is 0 Å². The molecule has 1 atom stereocenters. The van der Waals surface area contributed by atoms with E-state index in [0.29, 0.717) is 19.3 Å². The lowest BCUT2D eigenvalue weighted by Gasteiger charge is -2.18. The summed E-state index contributed by atoms with van der Waals surface area (Å²) in [5.41, 5.74) is 0. The van der Waals surface area contributed by atoms with Gasteiger partial charge in [-0.1, -0.05) is 216 Å². The van der Waals surface area contributed by atoms with Gasteiger partial charge in [-0.3, -0.25) is 14.4 Å². The number of hydrogen-bond acceptors (Lipinski definition) is 6. The molecule has 0 saturated carbocycles. The Morgan fingerprint density at radius 3 is 1.03 bits per heavy atom. The Labute approximate surface area is 383 Å². The van der Waals surface area contributed by atoms with Crippen LogP contribution < -0.4 is 0 Å². The molecule has 0 aliphatic heterocycles. The predicted molar refractivity (Wildman–Crippen MR) is 265 cm³/mol. The first kappa shape index (κ1) is 59.1. The number of esters is 3. The molecular weight excluding hydrogens is 769 g/mol. The minimum atomic E-state index is -0.791. The molecule has 0 heterocycles. The largest absolute Gasteiger partial charge is 0.462 e. The third-order valence-corrected chi connectivity index (χ3v) is 11.3. The topological polar surface area (TPSA) is 78.9 Å².